The van der Waals surface area contributed by atoms with Gasteiger partial charge < -0.3 is 14.6 Å². The van der Waals surface area contributed by atoms with E-state index in [-0.39, 0.29) is 27.5 Å². The molecule has 0 fully saturated rings. The number of hydrogen-bond acceptors (Lipinski definition) is 8. The number of hydrogen-bond donors (Lipinski definition) is 1. The van der Waals surface area contributed by atoms with Crippen LogP contribution in [0.3, 0.4) is 0 Å². The van der Waals surface area contributed by atoms with Gasteiger partial charge in [-0.1, -0.05) is 17.7 Å². The molecule has 1 N–H and O–H groups in total. The van der Waals surface area contributed by atoms with Crippen molar-refractivity contribution in [3.05, 3.63) is 85.4 Å². The standard InChI is InChI=1S/C26H25BrClN5O4/c1-14-11-30-25(26(3,4)35)32-23(14)18-10-19(17(28)12-29-18)33-15(2)9-20(22(27)24(33)34)37-13-16-7-6-8-21(31-16)36-5/h6-12,35H,13H2,1-5H3. The summed E-state index contributed by atoms with van der Waals surface area (Å²) >= 11 is 9.89. The fourth-order valence-electron chi connectivity index (χ4n) is 3.61. The number of aliphatic hydroxyl groups is 1. The van der Waals surface area contributed by atoms with E-state index < -0.39 is 5.60 Å². The molecule has 0 saturated carbocycles. The lowest BCUT2D eigenvalue weighted by molar-refractivity contribution is 0.0688. The van der Waals surface area contributed by atoms with Crippen molar-refractivity contribution in [1.82, 2.24) is 24.5 Å². The Morgan fingerprint density at radius 2 is 1.89 bits per heavy atom. The molecule has 0 atom stereocenters. The highest BCUT2D eigenvalue weighted by atomic mass is 79.9. The molecule has 4 aromatic rings. The first-order chi connectivity index (χ1) is 17.5. The van der Waals surface area contributed by atoms with Crippen LogP contribution in [0.25, 0.3) is 17.1 Å². The molecule has 0 unspecified atom stereocenters. The zero-order chi connectivity index (χ0) is 26.9. The van der Waals surface area contributed by atoms with Crippen molar-refractivity contribution in [3.8, 4) is 28.7 Å². The Morgan fingerprint density at radius 1 is 1.14 bits per heavy atom. The van der Waals surface area contributed by atoms with Gasteiger partial charge in [0.25, 0.3) is 5.56 Å². The molecule has 4 rings (SSSR count). The van der Waals surface area contributed by atoms with E-state index in [1.165, 1.54) is 10.8 Å². The summed E-state index contributed by atoms with van der Waals surface area (Å²) in [4.78, 5) is 30.9. The number of halogens is 2. The second kappa shape index (κ2) is 10.6. The van der Waals surface area contributed by atoms with Crippen LogP contribution in [0.2, 0.25) is 5.02 Å². The van der Waals surface area contributed by atoms with Crippen molar-refractivity contribution in [2.45, 2.75) is 39.9 Å². The third-order valence-corrected chi connectivity index (χ3v) is 6.52. The molecule has 0 saturated heterocycles. The predicted octanol–water partition coefficient (Wildman–Crippen LogP) is 4.93. The first-order valence-corrected chi connectivity index (χ1v) is 12.4. The molecule has 0 bridgehead atoms. The Labute approximate surface area is 227 Å². The number of aryl methyl sites for hydroxylation is 2. The van der Waals surface area contributed by atoms with Gasteiger partial charge >= 0.3 is 0 Å². The summed E-state index contributed by atoms with van der Waals surface area (Å²) in [7, 11) is 1.54. The van der Waals surface area contributed by atoms with Gasteiger partial charge in [-0.05, 0) is 61.3 Å². The number of rotatable bonds is 7. The van der Waals surface area contributed by atoms with Crippen LogP contribution < -0.4 is 15.0 Å². The molecule has 0 aliphatic heterocycles. The molecular formula is C26H25BrClN5O4. The van der Waals surface area contributed by atoms with E-state index >= 15 is 0 Å². The molecule has 0 radical (unpaired) electrons. The first-order valence-electron chi connectivity index (χ1n) is 11.3. The Bertz CT molecular complexity index is 1530. The van der Waals surface area contributed by atoms with E-state index in [1.54, 1.807) is 58.3 Å². The van der Waals surface area contributed by atoms with Gasteiger partial charge in [-0.3, -0.25) is 14.3 Å². The average molecular weight is 587 g/mol. The molecule has 0 aromatic carbocycles. The normalized spacial score (nSPS) is 11.5. The molecule has 192 valence electrons. The van der Waals surface area contributed by atoms with Gasteiger partial charge in [-0.15, -0.1) is 0 Å². The minimum Gasteiger partial charge on any atom is -0.486 e. The van der Waals surface area contributed by atoms with Crippen LogP contribution in [0.15, 0.2) is 52.0 Å². The van der Waals surface area contributed by atoms with Crippen LogP contribution in [-0.4, -0.2) is 36.7 Å². The molecule has 4 aromatic heterocycles. The largest absolute Gasteiger partial charge is 0.486 e. The summed E-state index contributed by atoms with van der Waals surface area (Å²) in [6, 6.07) is 8.79. The minimum absolute atomic E-state index is 0.148. The third kappa shape index (κ3) is 5.66. The fourth-order valence-corrected chi connectivity index (χ4v) is 4.21. The maximum Gasteiger partial charge on any atom is 0.273 e. The van der Waals surface area contributed by atoms with Crippen molar-refractivity contribution >= 4 is 27.5 Å². The second-order valence-electron chi connectivity index (χ2n) is 8.87. The van der Waals surface area contributed by atoms with Crippen LogP contribution in [0.5, 0.6) is 11.6 Å². The monoisotopic (exact) mass is 585 g/mol. The van der Waals surface area contributed by atoms with Crippen LogP contribution >= 0.6 is 27.5 Å². The van der Waals surface area contributed by atoms with E-state index in [0.29, 0.717) is 40.1 Å². The first kappa shape index (κ1) is 26.7. The molecule has 37 heavy (non-hydrogen) atoms. The summed E-state index contributed by atoms with van der Waals surface area (Å²) in [6.07, 6.45) is 3.10. The van der Waals surface area contributed by atoms with Crippen molar-refractivity contribution in [1.29, 1.82) is 0 Å². The highest BCUT2D eigenvalue weighted by molar-refractivity contribution is 9.10. The van der Waals surface area contributed by atoms with E-state index in [1.807, 2.05) is 13.0 Å². The van der Waals surface area contributed by atoms with Crippen molar-refractivity contribution < 1.29 is 14.6 Å². The highest BCUT2D eigenvalue weighted by Crippen LogP contribution is 2.30. The van der Waals surface area contributed by atoms with Gasteiger partial charge in [0.15, 0.2) is 5.82 Å². The lowest BCUT2D eigenvalue weighted by atomic mass is 10.1. The van der Waals surface area contributed by atoms with Gasteiger partial charge in [0, 0.05) is 30.2 Å². The number of pyridine rings is 3. The van der Waals surface area contributed by atoms with E-state index in [2.05, 4.69) is 35.9 Å². The highest BCUT2D eigenvalue weighted by Gasteiger charge is 2.22. The number of methoxy groups -OCH3 is 1. The summed E-state index contributed by atoms with van der Waals surface area (Å²) in [6.45, 7) is 6.99. The molecule has 0 amide bonds. The Balaban J connectivity index is 1.73. The van der Waals surface area contributed by atoms with Crippen LogP contribution in [0.4, 0.5) is 0 Å². The van der Waals surface area contributed by atoms with Gasteiger partial charge in [-0.2, -0.15) is 0 Å². The summed E-state index contributed by atoms with van der Waals surface area (Å²) in [5, 5.41) is 10.6. The lowest BCUT2D eigenvalue weighted by Gasteiger charge is -2.18. The third-order valence-electron chi connectivity index (χ3n) is 5.50. The number of nitrogens with zero attached hydrogens (tertiary/aromatic N) is 5. The van der Waals surface area contributed by atoms with Crippen molar-refractivity contribution in [3.63, 3.8) is 0 Å². The van der Waals surface area contributed by atoms with E-state index in [0.717, 1.165) is 5.56 Å². The molecular weight excluding hydrogens is 562 g/mol. The lowest BCUT2D eigenvalue weighted by Crippen LogP contribution is -2.23. The molecule has 0 aliphatic rings. The van der Waals surface area contributed by atoms with Crippen molar-refractivity contribution in [2.24, 2.45) is 0 Å². The smallest absolute Gasteiger partial charge is 0.273 e. The van der Waals surface area contributed by atoms with Crippen LogP contribution in [0, 0.1) is 13.8 Å². The summed E-state index contributed by atoms with van der Waals surface area (Å²) in [5.41, 5.74) is 1.86. The zero-order valence-corrected chi connectivity index (χ0v) is 23.3. The Hall–Kier alpha value is -3.34. The topological polar surface area (TPSA) is 112 Å². The average Bonchev–Trinajstić information content (AvgIpc) is 2.86. The molecule has 11 heteroatoms. The van der Waals surface area contributed by atoms with Crippen molar-refractivity contribution in [2.75, 3.05) is 7.11 Å². The van der Waals surface area contributed by atoms with Gasteiger partial charge in [-0.25, -0.2) is 15.0 Å². The van der Waals surface area contributed by atoms with E-state index in [4.69, 9.17) is 21.1 Å². The van der Waals surface area contributed by atoms with Crippen LogP contribution in [-0.2, 0) is 12.2 Å². The summed E-state index contributed by atoms with van der Waals surface area (Å²) in [5.74, 6) is 1.10. The Morgan fingerprint density at radius 3 is 2.59 bits per heavy atom. The van der Waals surface area contributed by atoms with Crippen LogP contribution in [0.1, 0.15) is 36.6 Å². The Kier molecular flexibility index (Phi) is 7.63. The molecule has 0 aliphatic carbocycles. The maximum absolute atomic E-state index is 13.4. The molecule has 0 spiro atoms. The molecule has 9 nitrogen and oxygen atoms in total. The zero-order valence-electron chi connectivity index (χ0n) is 20.9. The quantitative estimate of drug-likeness (QED) is 0.324. The second-order valence-corrected chi connectivity index (χ2v) is 10.1. The molecule has 4 heterocycles. The fraction of sp³-hybridized carbons (Fsp3) is 0.269. The van der Waals surface area contributed by atoms with Gasteiger partial charge in [0.05, 0.1) is 34.9 Å². The maximum atomic E-state index is 13.4. The number of aromatic nitrogens is 5. The van der Waals surface area contributed by atoms with E-state index in [9.17, 15) is 9.90 Å². The SMILES string of the molecule is COc1cccc(COc2cc(C)n(-c3cc(-c4nc(C(C)(C)O)ncc4C)ncc3Cl)c(=O)c2Br)n1. The minimum atomic E-state index is -1.23. The number of ether oxygens (including phenoxy) is 2. The predicted molar refractivity (Wildman–Crippen MR) is 143 cm³/mol. The van der Waals surface area contributed by atoms with Gasteiger partial charge in [0.1, 0.15) is 22.4 Å². The van der Waals surface area contributed by atoms with Gasteiger partial charge in [0.2, 0.25) is 5.88 Å². The summed E-state index contributed by atoms with van der Waals surface area (Å²) < 4.78 is 12.8.